The molecule has 1 aromatic carbocycles. The average Bonchev–Trinajstić information content (AvgIpc) is 3.02. The summed E-state index contributed by atoms with van der Waals surface area (Å²) in [6.45, 7) is 6.52. The van der Waals surface area contributed by atoms with Gasteiger partial charge in [0, 0.05) is 15.6 Å². The highest BCUT2D eigenvalue weighted by atomic mass is 35.5. The van der Waals surface area contributed by atoms with Crippen molar-refractivity contribution < 1.29 is 28.5 Å². The fraction of sp³-hybridized carbons (Fsp3) is 0.619. The Morgan fingerprint density at radius 1 is 1.14 bits per heavy atom. The zero-order chi connectivity index (χ0) is 21.4. The minimum Gasteiger partial charge on any atom is -0.465 e. The molecule has 0 saturated carbocycles. The number of carbonyl (C=O) groups excluding carboxylic acids is 2. The van der Waals surface area contributed by atoms with Gasteiger partial charge >= 0.3 is 11.9 Å². The molecule has 8 heteroatoms. The Hall–Kier alpha value is -1.34. The summed E-state index contributed by atoms with van der Waals surface area (Å²) in [4.78, 5) is 24.3. The molecule has 3 atom stereocenters. The number of halogens is 2. The maximum absolute atomic E-state index is 12.2. The molecule has 0 amide bonds. The second-order valence-corrected chi connectivity index (χ2v) is 7.83. The van der Waals surface area contributed by atoms with E-state index < -0.39 is 17.9 Å². The number of ether oxygens (including phenoxy) is 4. The standard InChI is InChI=1S/C21H28Cl2O6/c1-4-27-20(24)15(21(25)28-5-2)10-14-9-13(3)19(29-14)12-26-11-16-17(22)7-6-8-18(16)23/h6-8,13-15,19H,4-5,9-12H2,1-3H3/t13-,14+,19+/m1/s1. The first-order valence-electron chi connectivity index (χ1n) is 9.86. The lowest BCUT2D eigenvalue weighted by Gasteiger charge is -2.19. The molecule has 0 aromatic heterocycles. The van der Waals surface area contributed by atoms with Crippen molar-refractivity contribution in [2.75, 3.05) is 19.8 Å². The second kappa shape index (κ2) is 11.7. The van der Waals surface area contributed by atoms with E-state index in [1.165, 1.54) is 0 Å². The third-order valence-electron chi connectivity index (χ3n) is 4.87. The van der Waals surface area contributed by atoms with E-state index in [1.54, 1.807) is 32.0 Å². The summed E-state index contributed by atoms with van der Waals surface area (Å²) >= 11 is 12.3. The lowest BCUT2D eigenvalue weighted by molar-refractivity contribution is -0.163. The summed E-state index contributed by atoms with van der Waals surface area (Å²) in [7, 11) is 0. The molecule has 29 heavy (non-hydrogen) atoms. The maximum atomic E-state index is 12.2. The van der Waals surface area contributed by atoms with Crippen LogP contribution in [0.3, 0.4) is 0 Å². The average molecular weight is 447 g/mol. The Morgan fingerprint density at radius 3 is 2.28 bits per heavy atom. The van der Waals surface area contributed by atoms with Crippen molar-refractivity contribution in [3.8, 4) is 0 Å². The van der Waals surface area contributed by atoms with Crippen molar-refractivity contribution in [2.24, 2.45) is 11.8 Å². The van der Waals surface area contributed by atoms with Crippen LogP contribution in [-0.2, 0) is 35.1 Å². The fourth-order valence-corrected chi connectivity index (χ4v) is 3.85. The molecule has 0 spiro atoms. The van der Waals surface area contributed by atoms with Gasteiger partial charge in [-0.1, -0.05) is 36.2 Å². The normalized spacial score (nSPS) is 21.4. The van der Waals surface area contributed by atoms with Gasteiger partial charge in [-0.3, -0.25) is 9.59 Å². The minimum atomic E-state index is -0.978. The highest BCUT2D eigenvalue weighted by Crippen LogP contribution is 2.32. The van der Waals surface area contributed by atoms with Gasteiger partial charge in [0.25, 0.3) is 0 Å². The topological polar surface area (TPSA) is 71.1 Å². The smallest absolute Gasteiger partial charge is 0.320 e. The monoisotopic (exact) mass is 446 g/mol. The molecule has 1 aliphatic heterocycles. The molecule has 1 aromatic rings. The Kier molecular flexibility index (Phi) is 9.69. The molecule has 6 nitrogen and oxygen atoms in total. The molecule has 2 rings (SSSR count). The predicted molar refractivity (Wildman–Crippen MR) is 110 cm³/mol. The number of rotatable bonds is 10. The first-order valence-corrected chi connectivity index (χ1v) is 10.6. The maximum Gasteiger partial charge on any atom is 0.320 e. The summed E-state index contributed by atoms with van der Waals surface area (Å²) < 4.78 is 21.9. The van der Waals surface area contributed by atoms with Crippen molar-refractivity contribution in [2.45, 2.75) is 52.4 Å². The molecule has 0 radical (unpaired) electrons. The van der Waals surface area contributed by atoms with Gasteiger partial charge in [0.1, 0.15) is 0 Å². The second-order valence-electron chi connectivity index (χ2n) is 7.02. The van der Waals surface area contributed by atoms with E-state index in [0.29, 0.717) is 16.7 Å². The highest BCUT2D eigenvalue weighted by molar-refractivity contribution is 6.35. The van der Waals surface area contributed by atoms with Gasteiger partial charge in [-0.2, -0.15) is 0 Å². The SMILES string of the molecule is CCOC(=O)C(C[C@@H]1C[C@@H](C)[C@H](COCc2c(Cl)cccc2Cl)O1)C(=O)OCC. The van der Waals surface area contributed by atoms with Crippen LogP contribution in [0.2, 0.25) is 10.0 Å². The molecule has 0 bridgehead atoms. The molecule has 1 aliphatic rings. The third kappa shape index (κ3) is 6.85. The summed E-state index contributed by atoms with van der Waals surface area (Å²) in [6.07, 6.45) is 0.554. The quantitative estimate of drug-likeness (QED) is 0.390. The predicted octanol–water partition coefficient (Wildman–Crippen LogP) is 4.44. The first-order chi connectivity index (χ1) is 13.9. The van der Waals surface area contributed by atoms with Gasteiger partial charge in [-0.05, 0) is 44.7 Å². The van der Waals surface area contributed by atoms with Crippen LogP contribution < -0.4 is 0 Å². The van der Waals surface area contributed by atoms with E-state index in [-0.39, 0.29) is 44.4 Å². The number of hydrogen-bond acceptors (Lipinski definition) is 6. The third-order valence-corrected chi connectivity index (χ3v) is 5.58. The molecular weight excluding hydrogens is 419 g/mol. The van der Waals surface area contributed by atoms with Crippen molar-refractivity contribution >= 4 is 35.1 Å². The molecular formula is C21H28Cl2O6. The van der Waals surface area contributed by atoms with E-state index >= 15 is 0 Å². The molecule has 0 N–H and O–H groups in total. The van der Waals surface area contributed by atoms with Crippen molar-refractivity contribution in [1.29, 1.82) is 0 Å². The van der Waals surface area contributed by atoms with Gasteiger partial charge < -0.3 is 18.9 Å². The van der Waals surface area contributed by atoms with Crippen LogP contribution in [0.1, 0.15) is 39.2 Å². The first kappa shape index (κ1) is 23.9. The summed E-state index contributed by atoms with van der Waals surface area (Å²) in [6, 6.07) is 5.31. The van der Waals surface area contributed by atoms with Gasteiger partial charge in [-0.25, -0.2) is 0 Å². The zero-order valence-electron chi connectivity index (χ0n) is 17.0. The van der Waals surface area contributed by atoms with E-state index in [9.17, 15) is 9.59 Å². The van der Waals surface area contributed by atoms with Crippen LogP contribution in [0.4, 0.5) is 0 Å². The summed E-state index contributed by atoms with van der Waals surface area (Å²) in [5.74, 6) is -1.91. The minimum absolute atomic E-state index is 0.147. The summed E-state index contributed by atoms with van der Waals surface area (Å²) in [5.41, 5.74) is 0.739. The van der Waals surface area contributed by atoms with Crippen LogP contribution in [0.5, 0.6) is 0 Å². The molecule has 0 aliphatic carbocycles. The Bertz CT molecular complexity index is 657. The van der Waals surface area contributed by atoms with E-state index in [0.717, 1.165) is 12.0 Å². The fourth-order valence-electron chi connectivity index (χ4n) is 3.34. The zero-order valence-corrected chi connectivity index (χ0v) is 18.5. The van der Waals surface area contributed by atoms with Crippen LogP contribution in [-0.4, -0.2) is 44.0 Å². The molecule has 1 fully saturated rings. The van der Waals surface area contributed by atoms with Crippen LogP contribution in [0, 0.1) is 11.8 Å². The summed E-state index contributed by atoms with van der Waals surface area (Å²) in [5, 5.41) is 1.12. The number of carbonyl (C=O) groups is 2. The van der Waals surface area contributed by atoms with Gasteiger partial charge in [0.05, 0.1) is 38.6 Å². The van der Waals surface area contributed by atoms with E-state index in [2.05, 4.69) is 6.92 Å². The molecule has 1 heterocycles. The molecule has 162 valence electrons. The van der Waals surface area contributed by atoms with Crippen molar-refractivity contribution in [3.63, 3.8) is 0 Å². The van der Waals surface area contributed by atoms with Gasteiger partial charge in [-0.15, -0.1) is 0 Å². The lowest BCUT2D eigenvalue weighted by atomic mass is 9.95. The number of esters is 2. The van der Waals surface area contributed by atoms with Crippen molar-refractivity contribution in [1.82, 2.24) is 0 Å². The molecule has 0 unspecified atom stereocenters. The van der Waals surface area contributed by atoms with E-state index in [4.69, 9.17) is 42.1 Å². The highest BCUT2D eigenvalue weighted by Gasteiger charge is 2.38. The van der Waals surface area contributed by atoms with Gasteiger partial charge in [0.2, 0.25) is 0 Å². The van der Waals surface area contributed by atoms with Crippen LogP contribution in [0.25, 0.3) is 0 Å². The Labute approximate surface area is 181 Å². The lowest BCUT2D eigenvalue weighted by Crippen LogP contribution is -2.32. The number of hydrogen-bond donors (Lipinski definition) is 0. The van der Waals surface area contributed by atoms with Gasteiger partial charge in [0.15, 0.2) is 5.92 Å². The number of benzene rings is 1. The van der Waals surface area contributed by atoms with Crippen LogP contribution in [0.15, 0.2) is 18.2 Å². The Balaban J connectivity index is 1.90. The Morgan fingerprint density at radius 2 is 1.72 bits per heavy atom. The van der Waals surface area contributed by atoms with E-state index in [1.807, 2.05) is 0 Å². The van der Waals surface area contributed by atoms with Crippen molar-refractivity contribution in [3.05, 3.63) is 33.8 Å². The largest absolute Gasteiger partial charge is 0.465 e. The molecule has 1 saturated heterocycles. The van der Waals surface area contributed by atoms with Crippen LogP contribution >= 0.6 is 23.2 Å².